The van der Waals surface area contributed by atoms with Crippen LogP contribution in [0.15, 0.2) is 5.22 Å². The van der Waals surface area contributed by atoms with E-state index >= 15 is 0 Å². The molecule has 0 amide bonds. The van der Waals surface area contributed by atoms with E-state index in [0.717, 1.165) is 0 Å². The van der Waals surface area contributed by atoms with Gasteiger partial charge in [0.15, 0.2) is 0 Å². The molecule has 7 heteroatoms. The smallest absolute Gasteiger partial charge is 0.349 e. The Morgan fingerprint density at radius 3 is 2.90 bits per heavy atom. The van der Waals surface area contributed by atoms with Crippen molar-refractivity contribution in [3.8, 4) is 0 Å². The van der Waals surface area contributed by atoms with Crippen LogP contribution in [0.25, 0.3) is 10.4 Å². The third-order valence-corrected chi connectivity index (χ3v) is 1.10. The van der Waals surface area contributed by atoms with Gasteiger partial charge in [-0.1, -0.05) is 0 Å². The first-order valence-electron chi connectivity index (χ1n) is 2.35. The largest absolute Gasteiger partial charge is 0.478 e. The van der Waals surface area contributed by atoms with Gasteiger partial charge in [-0.25, -0.2) is 10.2 Å². The van der Waals surface area contributed by atoms with Gasteiger partial charge in [0, 0.05) is 5.75 Å². The minimum atomic E-state index is -1.10. The number of hydrogen-bond acceptors (Lipinski definition) is 3. The van der Waals surface area contributed by atoms with Gasteiger partial charge in [-0.2, -0.15) is 17.5 Å². The zero-order valence-electron chi connectivity index (χ0n) is 4.93. The highest BCUT2D eigenvalue weighted by Crippen LogP contribution is 1.87. The average Bonchev–Trinajstić information content (AvgIpc) is 1.89. The monoisotopic (exact) mass is 162 g/mol. The van der Waals surface area contributed by atoms with Crippen LogP contribution in [0.1, 0.15) is 0 Å². The van der Waals surface area contributed by atoms with Crippen LogP contribution in [0.2, 0.25) is 0 Å². The molecule has 0 spiro atoms. The van der Waals surface area contributed by atoms with E-state index in [2.05, 4.69) is 28.2 Å². The summed E-state index contributed by atoms with van der Waals surface area (Å²) < 4.78 is 0. The van der Waals surface area contributed by atoms with Gasteiger partial charge in [-0.15, -0.1) is 5.53 Å². The minimum absolute atomic E-state index is 0.0777. The summed E-state index contributed by atoms with van der Waals surface area (Å²) in [6.07, 6.45) is 0. The van der Waals surface area contributed by atoms with Crippen molar-refractivity contribution < 1.29 is 9.90 Å². The first-order chi connectivity index (χ1) is 4.72. The van der Waals surface area contributed by atoms with E-state index in [1.165, 1.54) is 0 Å². The Morgan fingerprint density at radius 2 is 2.60 bits per heavy atom. The van der Waals surface area contributed by atoms with Crippen LogP contribution < -0.4 is 5.43 Å². The number of azide groups is 1. The molecule has 0 aliphatic carbocycles. The SMILES string of the molecule is [N-]=[N+]=NN[C@@H](CS)C(=O)O. The summed E-state index contributed by atoms with van der Waals surface area (Å²) in [5.74, 6) is -1.02. The Hall–Kier alpha value is -1.07. The summed E-state index contributed by atoms with van der Waals surface area (Å²) in [6, 6.07) is -0.917. The molecule has 10 heavy (non-hydrogen) atoms. The Balaban J connectivity index is 3.82. The van der Waals surface area contributed by atoms with Gasteiger partial charge in [0.2, 0.25) is 6.04 Å². The molecule has 0 aliphatic heterocycles. The van der Waals surface area contributed by atoms with Crippen LogP contribution in [0.3, 0.4) is 0 Å². The van der Waals surface area contributed by atoms with E-state index in [9.17, 15) is 4.79 Å². The van der Waals surface area contributed by atoms with Crippen molar-refractivity contribution in [2.45, 2.75) is 6.04 Å². The van der Waals surface area contributed by atoms with E-state index in [1.54, 1.807) is 0 Å². The maximum absolute atomic E-state index is 10.1. The Bertz CT molecular complexity index is 166. The predicted molar refractivity (Wildman–Crippen MR) is 37.6 cm³/mol. The molecule has 0 aliphatic rings. The van der Waals surface area contributed by atoms with Crippen molar-refractivity contribution in [2.24, 2.45) is 5.22 Å². The molecular weight excluding hydrogens is 156 g/mol. The van der Waals surface area contributed by atoms with E-state index < -0.39 is 12.0 Å². The fourth-order valence-electron chi connectivity index (χ4n) is 0.270. The molecule has 0 unspecified atom stereocenters. The number of carbonyl (C=O) groups is 1. The lowest BCUT2D eigenvalue weighted by Gasteiger charge is -2.01. The molecule has 0 heterocycles. The third kappa shape index (κ3) is 3.06. The number of aliphatic carboxylic acids is 1. The molecule has 0 saturated carbocycles. The molecule has 0 saturated heterocycles. The molecule has 0 radical (unpaired) electrons. The number of nitrogens with zero attached hydrogens (tertiary/aromatic N) is 3. The number of hydrogen-bond donors (Lipinski definition) is 3. The fraction of sp³-hybridized carbons (Fsp3) is 0.667. The predicted octanol–water partition coefficient (Wildman–Crippen LogP) is 0.184. The Morgan fingerprint density at radius 1 is 2.00 bits per heavy atom. The van der Waals surface area contributed by atoms with E-state index in [1.807, 2.05) is 0 Å². The third-order valence-electron chi connectivity index (χ3n) is 0.739. The van der Waals surface area contributed by atoms with Crippen LogP contribution >= 0.6 is 12.6 Å². The minimum Gasteiger partial charge on any atom is -0.478 e. The Kier molecular flexibility index (Phi) is 4.26. The van der Waals surface area contributed by atoms with Gasteiger partial charge in [-0.05, 0) is 5.22 Å². The summed E-state index contributed by atoms with van der Waals surface area (Å²) >= 11 is 3.70. The van der Waals surface area contributed by atoms with Crippen LogP contribution in [0.4, 0.5) is 0 Å². The maximum Gasteiger partial charge on any atom is 0.349 e. The normalized spacial score (nSPS) is 11.3. The molecule has 0 aromatic carbocycles. The van der Waals surface area contributed by atoms with Crippen molar-refractivity contribution in [3.63, 3.8) is 0 Å². The second-order valence-electron chi connectivity index (χ2n) is 1.39. The van der Waals surface area contributed by atoms with Crippen molar-refractivity contribution in [2.75, 3.05) is 5.75 Å². The molecule has 56 valence electrons. The Labute approximate surface area is 62.2 Å². The molecule has 0 aromatic rings. The van der Waals surface area contributed by atoms with E-state index in [-0.39, 0.29) is 5.75 Å². The van der Waals surface area contributed by atoms with Gasteiger partial charge in [0.05, 0.1) is 0 Å². The average molecular weight is 162 g/mol. The fourth-order valence-corrected chi connectivity index (χ4v) is 0.507. The first-order valence-corrected chi connectivity index (χ1v) is 2.99. The van der Waals surface area contributed by atoms with E-state index in [4.69, 9.17) is 10.6 Å². The zero-order valence-corrected chi connectivity index (χ0v) is 5.82. The van der Waals surface area contributed by atoms with Crippen molar-refractivity contribution in [3.05, 3.63) is 10.4 Å². The van der Waals surface area contributed by atoms with Gasteiger partial charge >= 0.3 is 5.97 Å². The number of carboxylic acids is 1. The van der Waals surface area contributed by atoms with Gasteiger partial charge in [0.1, 0.15) is 0 Å². The first kappa shape index (κ1) is 8.93. The molecule has 0 rings (SSSR count). The highest BCUT2D eigenvalue weighted by molar-refractivity contribution is 7.80. The topological polar surface area (TPSA) is 98.1 Å². The van der Waals surface area contributed by atoms with Crippen LogP contribution in [-0.2, 0) is 4.79 Å². The highest BCUT2D eigenvalue weighted by atomic mass is 32.1. The van der Waals surface area contributed by atoms with E-state index in [0.29, 0.717) is 0 Å². The maximum atomic E-state index is 10.1. The van der Waals surface area contributed by atoms with Crippen molar-refractivity contribution in [1.29, 1.82) is 0 Å². The number of nitrogens with one attached hydrogen (secondary N) is 1. The lowest BCUT2D eigenvalue weighted by Crippen LogP contribution is -2.34. The molecular formula is C3H6N4O2S. The number of thiol groups is 1. The highest BCUT2D eigenvalue weighted by Gasteiger charge is 2.16. The quantitative estimate of drug-likeness (QED) is 0.181. The molecule has 1 atom stereocenters. The van der Waals surface area contributed by atoms with Gasteiger partial charge < -0.3 is 5.11 Å². The summed E-state index contributed by atoms with van der Waals surface area (Å²) in [4.78, 5) is 12.5. The lowest BCUT2D eigenvalue weighted by atomic mass is 10.4. The molecule has 6 nitrogen and oxygen atoms in total. The van der Waals surface area contributed by atoms with Crippen LogP contribution in [0.5, 0.6) is 0 Å². The number of carboxylic acid groups (broad SMARTS) is 1. The van der Waals surface area contributed by atoms with Crippen LogP contribution in [-0.4, -0.2) is 22.9 Å². The summed E-state index contributed by atoms with van der Waals surface area (Å²) in [7, 11) is 0. The molecule has 0 fully saturated rings. The van der Waals surface area contributed by atoms with Gasteiger partial charge in [-0.3, -0.25) is 0 Å². The molecule has 0 aromatic heterocycles. The molecule has 0 bridgehead atoms. The standard InChI is InChI=1S/C3H6N4O2S/c4-6-7-5-2(1-10)3(8)9/h2,5,10H,1H2,(H,8,9)/t2-/m0/s1. The summed E-state index contributed by atoms with van der Waals surface area (Å²) in [6.45, 7) is 0. The lowest BCUT2D eigenvalue weighted by molar-refractivity contribution is -0.138. The van der Waals surface area contributed by atoms with Crippen LogP contribution in [0, 0.1) is 0 Å². The van der Waals surface area contributed by atoms with Gasteiger partial charge in [0.25, 0.3) is 0 Å². The second-order valence-corrected chi connectivity index (χ2v) is 1.76. The van der Waals surface area contributed by atoms with Crippen molar-refractivity contribution >= 4 is 18.6 Å². The zero-order chi connectivity index (χ0) is 7.98. The van der Waals surface area contributed by atoms with Crippen molar-refractivity contribution in [1.82, 2.24) is 5.43 Å². The molecule has 2 N–H and O–H groups in total. The second kappa shape index (κ2) is 4.78. The summed E-state index contributed by atoms with van der Waals surface area (Å²) in [5.41, 5.74) is 9.82. The summed E-state index contributed by atoms with van der Waals surface area (Å²) in [5, 5.41) is 11.2. The number of rotatable bonds is 4.